The van der Waals surface area contributed by atoms with Gasteiger partial charge >= 0.3 is 0 Å². The molecule has 2 aromatic carbocycles. The van der Waals surface area contributed by atoms with Crippen LogP contribution in [0, 0.1) is 13.8 Å². The maximum Gasteiger partial charge on any atom is 0.276 e. The Hall–Kier alpha value is -7.06. The number of benzene rings is 2. The fourth-order valence-corrected chi connectivity index (χ4v) is 6.57. The minimum Gasteiger partial charge on any atom is -0.494 e. The monoisotopic (exact) mass is 824 g/mol. The Bertz CT molecular complexity index is 2530. The van der Waals surface area contributed by atoms with Gasteiger partial charge in [-0.1, -0.05) is 12.2 Å². The Balaban J connectivity index is 0.000000597. The molecule has 4 aromatic heterocycles. The number of nitrogens with two attached hydrogens (primary N) is 3. The minimum absolute atomic E-state index is 0.217. The first-order chi connectivity index (χ1) is 28.9. The minimum atomic E-state index is -0.641. The maximum atomic E-state index is 13.6. The van der Waals surface area contributed by atoms with Crippen LogP contribution < -0.4 is 42.8 Å². The van der Waals surface area contributed by atoms with E-state index < -0.39 is 17.7 Å². The number of carbonyl (C=O) groups is 4. The molecule has 4 heterocycles. The maximum absolute atomic E-state index is 13.6. The van der Waals surface area contributed by atoms with Crippen LogP contribution in [0.4, 0.5) is 11.9 Å². The quantitative estimate of drug-likeness (QED) is 0.0225. The fraction of sp³-hybridized carbons (Fsp3) is 0.350. The molecule has 3 amide bonds. The van der Waals surface area contributed by atoms with Gasteiger partial charge in [0.1, 0.15) is 33.9 Å². The number of anilines is 2. The third kappa shape index (κ3) is 9.96. The van der Waals surface area contributed by atoms with Crippen LogP contribution >= 0.6 is 0 Å². The van der Waals surface area contributed by atoms with Gasteiger partial charge in [-0.25, -0.2) is 9.97 Å². The third-order valence-corrected chi connectivity index (χ3v) is 9.35. The van der Waals surface area contributed by atoms with Crippen molar-refractivity contribution < 1.29 is 28.7 Å². The molecule has 0 aliphatic carbocycles. The summed E-state index contributed by atoms with van der Waals surface area (Å²) in [6, 6.07) is 9.84. The standard InChI is InChI=1S/C33H42N12O5.C7H10N2O/c1-5-45-24(14-19(2)42-45)31(48)41-33-40-23-16-21(30(35)47)18-26(50-13-9-6-10-38-36)28(23)44(33)12-8-7-11-43-27-22(39-32(43)37-3)15-20(29(34)46)17-25(27)49-4;1-3-9-7(5-10)4-6(2)8-9/h7-8,14-18,38H,5-6,9-13,36H2,1-4H3,(H2,34,46)(H2,35,47)(H,37,39)(H,40,41,48);4-5H,3H2,1-2H3/b8-7+;. The summed E-state index contributed by atoms with van der Waals surface area (Å²) >= 11 is 0. The summed E-state index contributed by atoms with van der Waals surface area (Å²) in [7, 11) is 3.26. The average molecular weight is 825 g/mol. The number of allylic oxidation sites excluding steroid dienone is 2. The first-order valence-electron chi connectivity index (χ1n) is 19.3. The molecule has 0 radical (unpaired) electrons. The number of hydrazine groups is 1. The number of amides is 3. The van der Waals surface area contributed by atoms with Crippen molar-refractivity contribution in [2.24, 2.45) is 17.3 Å². The zero-order chi connectivity index (χ0) is 43.5. The van der Waals surface area contributed by atoms with Crippen LogP contribution in [0.3, 0.4) is 0 Å². The summed E-state index contributed by atoms with van der Waals surface area (Å²) in [4.78, 5) is 57.4. The van der Waals surface area contributed by atoms with Gasteiger partial charge in [-0.3, -0.25) is 45.1 Å². The predicted molar refractivity (Wildman–Crippen MR) is 227 cm³/mol. The van der Waals surface area contributed by atoms with Gasteiger partial charge in [0.2, 0.25) is 23.7 Å². The average Bonchev–Trinajstić information content (AvgIpc) is 4.00. The van der Waals surface area contributed by atoms with Crippen molar-refractivity contribution in [3.05, 3.63) is 82.5 Å². The zero-order valence-electron chi connectivity index (χ0n) is 34.6. The van der Waals surface area contributed by atoms with Gasteiger partial charge in [-0.15, -0.1) is 0 Å². The van der Waals surface area contributed by atoms with Crippen molar-refractivity contribution in [3.63, 3.8) is 0 Å². The first-order valence-corrected chi connectivity index (χ1v) is 19.3. The molecule has 0 bridgehead atoms. The Morgan fingerprint density at radius 3 is 1.90 bits per heavy atom. The molecule has 6 aromatic rings. The van der Waals surface area contributed by atoms with Crippen LogP contribution in [0.25, 0.3) is 22.1 Å². The SMILES string of the molecule is CCn1nc(C)cc1C(=O)Nc1nc2cc(C(N)=O)cc(OCCCCNN)c2n1C/C=C/Cn1c(NC)nc2cc(C(N)=O)cc(OC)c21.CCn1nc(C)cc1C=O. The second-order valence-corrected chi connectivity index (χ2v) is 13.5. The Kier molecular flexibility index (Phi) is 14.7. The largest absolute Gasteiger partial charge is 0.494 e. The summed E-state index contributed by atoms with van der Waals surface area (Å²) in [5.74, 6) is 5.40. The van der Waals surface area contributed by atoms with E-state index in [1.54, 1.807) is 57.4 Å². The molecule has 20 nitrogen and oxygen atoms in total. The van der Waals surface area contributed by atoms with Crippen LogP contribution in [-0.2, 0) is 26.2 Å². The van der Waals surface area contributed by atoms with Crippen molar-refractivity contribution in [2.45, 2.75) is 66.7 Å². The molecule has 0 aliphatic heterocycles. The molecule has 318 valence electrons. The predicted octanol–water partition coefficient (Wildman–Crippen LogP) is 3.31. The number of methoxy groups -OCH3 is 1. The highest BCUT2D eigenvalue weighted by molar-refractivity contribution is 6.04. The number of hydrogen-bond donors (Lipinski definition) is 6. The van der Waals surface area contributed by atoms with E-state index in [4.69, 9.17) is 31.8 Å². The zero-order valence-corrected chi connectivity index (χ0v) is 34.6. The van der Waals surface area contributed by atoms with Gasteiger partial charge in [0.05, 0.1) is 36.1 Å². The first kappa shape index (κ1) is 44.1. The number of unbranched alkanes of at least 4 members (excludes halogenated alkanes) is 1. The Morgan fingerprint density at radius 2 is 1.35 bits per heavy atom. The number of imidazole rings is 2. The summed E-state index contributed by atoms with van der Waals surface area (Å²) in [6.07, 6.45) is 6.13. The normalized spacial score (nSPS) is 11.2. The molecule has 0 saturated carbocycles. The molecule has 0 aliphatic rings. The number of aromatic nitrogens is 8. The highest BCUT2D eigenvalue weighted by Gasteiger charge is 2.22. The van der Waals surface area contributed by atoms with Crippen molar-refractivity contribution >= 4 is 58.0 Å². The number of aldehydes is 1. The van der Waals surface area contributed by atoms with Crippen LogP contribution in [0.1, 0.15) is 79.8 Å². The Labute approximate surface area is 346 Å². The van der Waals surface area contributed by atoms with Gasteiger partial charge in [0.25, 0.3) is 5.91 Å². The van der Waals surface area contributed by atoms with Crippen molar-refractivity contribution in [2.75, 3.05) is 37.9 Å². The molecule has 0 atom stereocenters. The molecule has 20 heteroatoms. The molecule has 0 fully saturated rings. The lowest BCUT2D eigenvalue weighted by atomic mass is 10.1. The summed E-state index contributed by atoms with van der Waals surface area (Å²) in [5, 5.41) is 14.5. The highest BCUT2D eigenvalue weighted by atomic mass is 16.5. The van der Waals surface area contributed by atoms with Crippen molar-refractivity contribution in [3.8, 4) is 11.5 Å². The fourth-order valence-electron chi connectivity index (χ4n) is 6.57. The van der Waals surface area contributed by atoms with Crippen molar-refractivity contribution in [1.29, 1.82) is 0 Å². The molecule has 60 heavy (non-hydrogen) atoms. The number of rotatable bonds is 19. The van der Waals surface area contributed by atoms with Gasteiger partial charge in [-0.2, -0.15) is 10.2 Å². The number of nitrogens with one attached hydrogen (secondary N) is 3. The number of aryl methyl sites for hydroxylation is 4. The summed E-state index contributed by atoms with van der Waals surface area (Å²) < 4.78 is 18.8. The number of primary amides is 2. The van der Waals surface area contributed by atoms with E-state index in [1.165, 1.54) is 7.11 Å². The van der Waals surface area contributed by atoms with Crippen molar-refractivity contribution in [1.82, 2.24) is 44.1 Å². The lowest BCUT2D eigenvalue weighted by molar-refractivity contribution is 0.0991. The molecule has 9 N–H and O–H groups in total. The van der Waals surface area contributed by atoms with Gasteiger partial charge in [-0.05, 0) is 76.9 Å². The number of carbonyl (C=O) groups excluding carboxylic acids is 4. The van der Waals surface area contributed by atoms with E-state index in [-0.39, 0.29) is 23.6 Å². The van der Waals surface area contributed by atoms with Gasteiger partial charge in [0, 0.05) is 50.9 Å². The summed E-state index contributed by atoms with van der Waals surface area (Å²) in [6.45, 7) is 10.4. The molecular formula is C40H52N14O6. The molecular weight excluding hydrogens is 773 g/mol. The second-order valence-electron chi connectivity index (χ2n) is 13.5. The van der Waals surface area contributed by atoms with Gasteiger partial charge < -0.3 is 35.4 Å². The van der Waals surface area contributed by atoms with Crippen LogP contribution in [-0.4, -0.2) is 90.0 Å². The van der Waals surface area contributed by atoms with Crippen LogP contribution in [0.5, 0.6) is 11.5 Å². The van der Waals surface area contributed by atoms with Gasteiger partial charge in [0.15, 0.2) is 6.29 Å². The lowest BCUT2D eigenvalue weighted by Gasteiger charge is -2.13. The van der Waals surface area contributed by atoms with Crippen LogP contribution in [0.2, 0.25) is 0 Å². The number of fused-ring (bicyclic) bond motifs is 2. The number of ether oxygens (including phenoxy) is 2. The summed E-state index contributed by atoms with van der Waals surface area (Å²) in [5.41, 5.74) is 19.1. The topological polar surface area (TPSA) is 272 Å². The second kappa shape index (κ2) is 20.1. The van der Waals surface area contributed by atoms with E-state index in [0.717, 1.165) is 24.9 Å². The highest BCUT2D eigenvalue weighted by Crippen LogP contribution is 2.33. The molecule has 6 rings (SSSR count). The molecule has 0 spiro atoms. The van der Waals surface area contributed by atoms with Crippen LogP contribution in [0.15, 0.2) is 48.6 Å². The molecule has 0 unspecified atom stereocenters. The Morgan fingerprint density at radius 1 is 0.783 bits per heavy atom. The van der Waals surface area contributed by atoms with E-state index in [2.05, 4.69) is 31.2 Å². The lowest BCUT2D eigenvalue weighted by Crippen LogP contribution is -2.23. The number of nitrogens with zero attached hydrogens (tertiary/aromatic N) is 8. The van der Waals surface area contributed by atoms with E-state index in [0.29, 0.717) is 89.3 Å². The smallest absolute Gasteiger partial charge is 0.276 e. The van der Waals surface area contributed by atoms with E-state index in [1.807, 2.05) is 44.4 Å². The molecule has 0 saturated heterocycles. The number of hydrogen-bond acceptors (Lipinski definition) is 13. The van der Waals surface area contributed by atoms with E-state index in [9.17, 15) is 19.2 Å². The van der Waals surface area contributed by atoms with E-state index >= 15 is 0 Å². The third-order valence-electron chi connectivity index (χ3n) is 9.35.